The van der Waals surface area contributed by atoms with Gasteiger partial charge in [-0.25, -0.2) is 4.57 Å². The highest BCUT2D eigenvalue weighted by Gasteiger charge is 2.24. The van der Waals surface area contributed by atoms with Crippen molar-refractivity contribution in [2.75, 3.05) is 0 Å². The maximum atomic E-state index is 4.71. The van der Waals surface area contributed by atoms with E-state index in [4.69, 9.17) is 5.10 Å². The Hall–Kier alpha value is -3.20. The summed E-state index contributed by atoms with van der Waals surface area (Å²) in [5.74, 6) is 1.09. The van der Waals surface area contributed by atoms with Crippen LogP contribution in [0.5, 0.6) is 0 Å². The van der Waals surface area contributed by atoms with Crippen molar-refractivity contribution in [2.45, 2.75) is 20.8 Å². The van der Waals surface area contributed by atoms with Gasteiger partial charge < -0.3 is 0 Å². The van der Waals surface area contributed by atoms with Crippen molar-refractivity contribution in [3.05, 3.63) is 89.7 Å². The molecular formula is C24H24N3+. The van der Waals surface area contributed by atoms with E-state index in [9.17, 15) is 0 Å². The van der Waals surface area contributed by atoms with E-state index < -0.39 is 0 Å². The van der Waals surface area contributed by atoms with Crippen molar-refractivity contribution in [1.29, 1.82) is 0 Å². The molecule has 0 atom stereocenters. The minimum absolute atomic E-state index is 1.09. The standard InChI is InChI=1S/C24H24N3/c1-17-10-8-9-13-22(17)24-26(4)16-25-27(24)23-18(2)14-21(15-19(23)3)20-11-6-5-7-12-20/h5-16H,1-4H3/q+1. The van der Waals surface area contributed by atoms with Gasteiger partial charge in [-0.3, -0.25) is 0 Å². The summed E-state index contributed by atoms with van der Waals surface area (Å²) in [6.45, 7) is 6.47. The summed E-state index contributed by atoms with van der Waals surface area (Å²) < 4.78 is 4.16. The smallest absolute Gasteiger partial charge is 0.233 e. The van der Waals surface area contributed by atoms with Crippen LogP contribution in [0.3, 0.4) is 0 Å². The normalized spacial score (nSPS) is 11.0. The van der Waals surface area contributed by atoms with Gasteiger partial charge in [0.1, 0.15) is 5.69 Å². The molecule has 0 aliphatic rings. The van der Waals surface area contributed by atoms with Gasteiger partial charge in [-0.05, 0) is 66.8 Å². The zero-order chi connectivity index (χ0) is 19.0. The van der Waals surface area contributed by atoms with Crippen LogP contribution < -0.4 is 4.57 Å². The molecule has 1 aromatic heterocycles. The van der Waals surface area contributed by atoms with E-state index in [1.807, 2.05) is 13.4 Å². The van der Waals surface area contributed by atoms with Crippen molar-refractivity contribution in [3.8, 4) is 28.2 Å². The van der Waals surface area contributed by atoms with Crippen molar-refractivity contribution >= 4 is 0 Å². The first-order valence-corrected chi connectivity index (χ1v) is 9.23. The van der Waals surface area contributed by atoms with E-state index in [-0.39, 0.29) is 0 Å². The van der Waals surface area contributed by atoms with Crippen molar-refractivity contribution in [3.63, 3.8) is 0 Å². The Kier molecular flexibility index (Phi) is 4.36. The second-order valence-corrected chi connectivity index (χ2v) is 7.12. The highest BCUT2D eigenvalue weighted by atomic mass is 15.4. The van der Waals surface area contributed by atoms with Crippen LogP contribution in [0.15, 0.2) is 73.1 Å². The molecule has 0 bridgehead atoms. The average Bonchev–Trinajstić information content (AvgIpc) is 3.03. The molecule has 0 amide bonds. The summed E-state index contributed by atoms with van der Waals surface area (Å²) in [7, 11) is 2.05. The van der Waals surface area contributed by atoms with Crippen LogP contribution in [0, 0.1) is 20.8 Å². The lowest BCUT2D eigenvalue weighted by Crippen LogP contribution is -2.29. The fourth-order valence-corrected chi connectivity index (χ4v) is 3.77. The van der Waals surface area contributed by atoms with Gasteiger partial charge >= 0.3 is 0 Å². The van der Waals surface area contributed by atoms with Gasteiger partial charge in [-0.2, -0.15) is 0 Å². The summed E-state index contributed by atoms with van der Waals surface area (Å²) in [6, 6.07) is 23.5. The molecule has 4 rings (SSSR count). The van der Waals surface area contributed by atoms with Gasteiger partial charge in [-0.1, -0.05) is 53.2 Å². The predicted octanol–water partition coefficient (Wildman–Crippen LogP) is 4.96. The maximum absolute atomic E-state index is 4.71. The van der Waals surface area contributed by atoms with Crippen LogP contribution in [0.25, 0.3) is 28.2 Å². The van der Waals surface area contributed by atoms with Gasteiger partial charge in [-0.15, -0.1) is 0 Å². The SMILES string of the molecule is Cc1ccccc1-c1n(-c2c(C)cc(-c3ccccc3)cc2C)nc[n+]1C. The number of hydrogen-bond donors (Lipinski definition) is 0. The molecule has 0 saturated carbocycles. The number of rotatable bonds is 3. The number of hydrogen-bond acceptors (Lipinski definition) is 1. The Morgan fingerprint density at radius 3 is 2.04 bits per heavy atom. The maximum Gasteiger partial charge on any atom is 0.273 e. The minimum Gasteiger partial charge on any atom is -0.233 e. The summed E-state index contributed by atoms with van der Waals surface area (Å²) in [6.07, 6.45) is 1.88. The molecule has 3 heteroatoms. The first kappa shape index (κ1) is 17.2. The van der Waals surface area contributed by atoms with Crippen molar-refractivity contribution in [2.24, 2.45) is 7.05 Å². The quantitative estimate of drug-likeness (QED) is 0.477. The fraction of sp³-hybridized carbons (Fsp3) is 0.167. The average molecular weight is 354 g/mol. The monoisotopic (exact) mass is 354 g/mol. The molecule has 1 heterocycles. The number of benzene rings is 3. The molecule has 0 aliphatic carbocycles. The molecule has 0 fully saturated rings. The van der Waals surface area contributed by atoms with Gasteiger partial charge in [0, 0.05) is 5.10 Å². The molecule has 3 nitrogen and oxygen atoms in total. The molecule has 0 spiro atoms. The Morgan fingerprint density at radius 2 is 1.37 bits per heavy atom. The number of aromatic nitrogens is 3. The molecule has 0 radical (unpaired) electrons. The third-order valence-corrected chi connectivity index (χ3v) is 5.07. The molecule has 0 aliphatic heterocycles. The van der Waals surface area contributed by atoms with Gasteiger partial charge in [0.05, 0.1) is 12.6 Å². The highest BCUT2D eigenvalue weighted by molar-refractivity contribution is 5.69. The molecule has 0 N–H and O–H groups in total. The summed E-state index contributed by atoms with van der Waals surface area (Å²) >= 11 is 0. The third kappa shape index (κ3) is 3.06. The fourth-order valence-electron chi connectivity index (χ4n) is 3.77. The molecule has 3 aromatic carbocycles. The summed E-state index contributed by atoms with van der Waals surface area (Å²) in [5, 5.41) is 4.71. The zero-order valence-electron chi connectivity index (χ0n) is 16.3. The van der Waals surface area contributed by atoms with E-state index in [0.29, 0.717) is 0 Å². The highest BCUT2D eigenvalue weighted by Crippen LogP contribution is 2.30. The second-order valence-electron chi connectivity index (χ2n) is 7.12. The zero-order valence-corrected chi connectivity index (χ0v) is 16.3. The molecule has 4 aromatic rings. The third-order valence-electron chi connectivity index (χ3n) is 5.07. The molecule has 0 saturated heterocycles. The Morgan fingerprint density at radius 1 is 0.741 bits per heavy atom. The van der Waals surface area contributed by atoms with E-state index in [0.717, 1.165) is 11.5 Å². The van der Waals surface area contributed by atoms with Crippen LogP contribution >= 0.6 is 0 Å². The summed E-state index contributed by atoms with van der Waals surface area (Å²) in [5.41, 5.74) is 8.49. The predicted molar refractivity (Wildman–Crippen MR) is 110 cm³/mol. The Balaban J connectivity index is 1.90. The summed E-state index contributed by atoms with van der Waals surface area (Å²) in [4.78, 5) is 0. The van der Waals surface area contributed by atoms with Gasteiger partial charge in [0.2, 0.25) is 0 Å². The van der Waals surface area contributed by atoms with Gasteiger partial charge in [0.25, 0.3) is 12.2 Å². The lowest BCUT2D eigenvalue weighted by Gasteiger charge is -2.11. The van der Waals surface area contributed by atoms with Crippen LogP contribution in [0.4, 0.5) is 0 Å². The van der Waals surface area contributed by atoms with Crippen LogP contribution in [-0.4, -0.2) is 9.78 Å². The van der Waals surface area contributed by atoms with E-state index >= 15 is 0 Å². The van der Waals surface area contributed by atoms with E-state index in [1.54, 1.807) is 0 Å². The largest absolute Gasteiger partial charge is 0.273 e. The van der Waals surface area contributed by atoms with Crippen LogP contribution in [-0.2, 0) is 7.05 Å². The lowest BCUT2D eigenvalue weighted by molar-refractivity contribution is -0.660. The Labute approximate surface area is 160 Å². The van der Waals surface area contributed by atoms with Crippen LogP contribution in [0.2, 0.25) is 0 Å². The number of aryl methyl sites for hydroxylation is 4. The van der Waals surface area contributed by atoms with E-state index in [2.05, 4.69) is 96.8 Å². The first-order valence-electron chi connectivity index (χ1n) is 9.23. The van der Waals surface area contributed by atoms with Crippen molar-refractivity contribution < 1.29 is 4.57 Å². The first-order chi connectivity index (χ1) is 13.1. The second kappa shape index (κ2) is 6.84. The van der Waals surface area contributed by atoms with Gasteiger partial charge in [0.15, 0.2) is 0 Å². The molecular weight excluding hydrogens is 330 g/mol. The molecule has 0 unspecified atom stereocenters. The van der Waals surface area contributed by atoms with Crippen LogP contribution in [0.1, 0.15) is 16.7 Å². The van der Waals surface area contributed by atoms with E-state index in [1.165, 1.54) is 33.4 Å². The lowest BCUT2D eigenvalue weighted by atomic mass is 9.98. The minimum atomic E-state index is 1.09. The van der Waals surface area contributed by atoms with Crippen molar-refractivity contribution in [1.82, 2.24) is 9.78 Å². The number of nitrogens with zero attached hydrogens (tertiary/aromatic N) is 3. The Bertz CT molecular complexity index is 1080. The topological polar surface area (TPSA) is 21.7 Å². The molecule has 27 heavy (non-hydrogen) atoms. The molecule has 134 valence electrons.